The van der Waals surface area contributed by atoms with Crippen LogP contribution in [0.25, 0.3) is 0 Å². The molecule has 0 radical (unpaired) electrons. The summed E-state index contributed by atoms with van der Waals surface area (Å²) in [4.78, 5) is 12.4. The molecule has 0 bridgehead atoms. The van der Waals surface area contributed by atoms with Crippen molar-refractivity contribution in [2.24, 2.45) is 0 Å². The van der Waals surface area contributed by atoms with Crippen molar-refractivity contribution in [3.8, 4) is 0 Å². The van der Waals surface area contributed by atoms with Gasteiger partial charge in [-0.05, 0) is 37.1 Å². The van der Waals surface area contributed by atoms with Gasteiger partial charge >= 0.3 is 0 Å². The summed E-state index contributed by atoms with van der Waals surface area (Å²) >= 11 is 1.39. The van der Waals surface area contributed by atoms with Crippen molar-refractivity contribution in [2.45, 2.75) is 43.8 Å². The Hall–Kier alpha value is -2.67. The molecule has 1 heterocycles. The van der Waals surface area contributed by atoms with Gasteiger partial charge in [-0.25, -0.2) is 4.39 Å². The minimum absolute atomic E-state index is 0.0930. The number of rotatable bonds is 8. The summed E-state index contributed by atoms with van der Waals surface area (Å²) in [5.41, 5.74) is 2.03. The number of thioether (sulfide) groups is 1. The molecule has 0 unspecified atom stereocenters. The van der Waals surface area contributed by atoms with Gasteiger partial charge < -0.3 is 9.88 Å². The predicted octanol–water partition coefficient (Wildman–Crippen LogP) is 3.82. The molecule has 1 amide bonds. The maximum Gasteiger partial charge on any atom is 0.233 e. The Morgan fingerprint density at radius 1 is 1.11 bits per heavy atom. The number of halogens is 1. The van der Waals surface area contributed by atoms with Crippen LogP contribution in [-0.2, 0) is 24.3 Å². The van der Waals surface area contributed by atoms with Crippen molar-refractivity contribution in [1.82, 2.24) is 20.1 Å². The van der Waals surface area contributed by atoms with E-state index in [4.69, 9.17) is 0 Å². The summed E-state index contributed by atoms with van der Waals surface area (Å²) in [7, 11) is 0. The van der Waals surface area contributed by atoms with Crippen LogP contribution in [0.4, 0.5) is 4.39 Å². The van der Waals surface area contributed by atoms with Gasteiger partial charge in [0, 0.05) is 19.5 Å². The van der Waals surface area contributed by atoms with Crippen LogP contribution in [0.15, 0.2) is 59.8 Å². The smallest absolute Gasteiger partial charge is 0.233 e. The van der Waals surface area contributed by atoms with Crippen LogP contribution in [0, 0.1) is 5.82 Å². The van der Waals surface area contributed by atoms with Crippen molar-refractivity contribution in [3.05, 3.63) is 77.4 Å². The summed E-state index contributed by atoms with van der Waals surface area (Å²) in [6.45, 7) is 4.99. The maximum absolute atomic E-state index is 13.0. The Balaban J connectivity index is 1.60. The molecule has 0 aliphatic heterocycles. The number of nitrogens with one attached hydrogen (secondary N) is 1. The van der Waals surface area contributed by atoms with Crippen molar-refractivity contribution in [1.29, 1.82) is 0 Å². The lowest BCUT2D eigenvalue weighted by atomic mass is 10.1. The lowest BCUT2D eigenvalue weighted by molar-refractivity contribution is -0.120. The predicted molar refractivity (Wildman–Crippen MR) is 109 cm³/mol. The highest BCUT2D eigenvalue weighted by molar-refractivity contribution is 8.00. The minimum Gasteiger partial charge on any atom is -0.351 e. The van der Waals surface area contributed by atoms with E-state index < -0.39 is 0 Å². The van der Waals surface area contributed by atoms with E-state index in [1.54, 1.807) is 12.1 Å². The molecule has 0 saturated heterocycles. The Morgan fingerprint density at radius 3 is 2.50 bits per heavy atom. The highest BCUT2D eigenvalue weighted by atomic mass is 32.2. The number of nitrogens with zero attached hydrogens (tertiary/aromatic N) is 3. The molecular formula is C21H23FN4OS. The molecule has 5 nitrogen and oxygen atoms in total. The van der Waals surface area contributed by atoms with Crippen molar-refractivity contribution in [3.63, 3.8) is 0 Å². The molecule has 0 fully saturated rings. The third-order valence-electron chi connectivity index (χ3n) is 4.35. The zero-order valence-corrected chi connectivity index (χ0v) is 16.7. The average Bonchev–Trinajstić information content (AvgIpc) is 3.09. The average molecular weight is 399 g/mol. The second kappa shape index (κ2) is 9.50. The molecule has 0 aliphatic rings. The molecule has 0 spiro atoms. The highest BCUT2D eigenvalue weighted by Crippen LogP contribution is 2.23. The van der Waals surface area contributed by atoms with Gasteiger partial charge in [-0.3, -0.25) is 4.79 Å². The van der Waals surface area contributed by atoms with E-state index >= 15 is 0 Å². The van der Waals surface area contributed by atoms with E-state index in [1.807, 2.05) is 36.6 Å². The van der Waals surface area contributed by atoms with Crippen LogP contribution in [-0.4, -0.2) is 25.9 Å². The molecule has 3 rings (SSSR count). The van der Waals surface area contributed by atoms with Crippen LogP contribution in [0.1, 0.15) is 30.8 Å². The molecule has 1 aromatic heterocycles. The van der Waals surface area contributed by atoms with Gasteiger partial charge in [0.15, 0.2) is 5.16 Å². The van der Waals surface area contributed by atoms with Gasteiger partial charge in [0.25, 0.3) is 0 Å². The molecule has 3 aromatic rings. The first-order valence-electron chi connectivity index (χ1n) is 9.21. The van der Waals surface area contributed by atoms with E-state index in [2.05, 4.69) is 27.6 Å². The maximum atomic E-state index is 13.0. The Kier molecular flexibility index (Phi) is 6.81. The monoisotopic (exact) mass is 398 g/mol. The number of carbonyl (C=O) groups excluding carboxylic acids is 1. The zero-order valence-electron chi connectivity index (χ0n) is 15.9. The van der Waals surface area contributed by atoms with Gasteiger partial charge in [-0.2, -0.15) is 0 Å². The molecule has 0 saturated carbocycles. The first-order valence-corrected chi connectivity index (χ1v) is 10.1. The molecule has 1 atom stereocenters. The van der Waals surface area contributed by atoms with Crippen molar-refractivity contribution >= 4 is 17.7 Å². The van der Waals surface area contributed by atoms with E-state index in [0.29, 0.717) is 13.0 Å². The first-order chi connectivity index (χ1) is 13.6. The van der Waals surface area contributed by atoms with Crippen molar-refractivity contribution < 1.29 is 9.18 Å². The van der Waals surface area contributed by atoms with Gasteiger partial charge in [0.2, 0.25) is 5.91 Å². The molecule has 28 heavy (non-hydrogen) atoms. The van der Waals surface area contributed by atoms with Gasteiger partial charge in [-0.15, -0.1) is 10.2 Å². The van der Waals surface area contributed by atoms with Gasteiger partial charge in [0.1, 0.15) is 11.6 Å². The summed E-state index contributed by atoms with van der Waals surface area (Å²) in [6.07, 6.45) is 0.702. The number of benzene rings is 2. The third-order valence-corrected chi connectivity index (χ3v) is 5.43. The highest BCUT2D eigenvalue weighted by Gasteiger charge is 2.19. The fraction of sp³-hybridized carbons (Fsp3) is 0.286. The van der Waals surface area contributed by atoms with Gasteiger partial charge in [-0.1, -0.05) is 54.2 Å². The SMILES string of the molecule is CCn1c(Cc2ccccc2)nnc1S[C@@H](C)C(=O)NCc1ccc(F)cc1. The Morgan fingerprint density at radius 2 is 1.82 bits per heavy atom. The van der Waals surface area contributed by atoms with E-state index in [1.165, 1.54) is 29.5 Å². The summed E-state index contributed by atoms with van der Waals surface area (Å²) in [6, 6.07) is 16.2. The first kappa shape index (κ1) is 20.1. The summed E-state index contributed by atoms with van der Waals surface area (Å²) < 4.78 is 15.0. The van der Waals surface area contributed by atoms with E-state index in [-0.39, 0.29) is 17.0 Å². The Labute approximate surface area is 168 Å². The van der Waals surface area contributed by atoms with Crippen LogP contribution in [0.3, 0.4) is 0 Å². The Bertz CT molecular complexity index is 912. The quantitative estimate of drug-likeness (QED) is 0.586. The molecule has 0 aliphatic carbocycles. The fourth-order valence-corrected chi connectivity index (χ4v) is 3.74. The summed E-state index contributed by atoms with van der Waals surface area (Å²) in [5, 5.41) is 11.9. The number of hydrogen-bond acceptors (Lipinski definition) is 4. The topological polar surface area (TPSA) is 59.8 Å². The zero-order chi connectivity index (χ0) is 19.9. The lowest BCUT2D eigenvalue weighted by Crippen LogP contribution is -2.30. The lowest BCUT2D eigenvalue weighted by Gasteiger charge is -2.13. The number of amides is 1. The van der Waals surface area contributed by atoms with E-state index in [0.717, 1.165) is 23.1 Å². The van der Waals surface area contributed by atoms with Crippen LogP contribution >= 0.6 is 11.8 Å². The standard InChI is InChI=1S/C21H23FN4OS/c1-3-26-19(13-16-7-5-4-6-8-16)24-25-21(26)28-15(2)20(27)23-14-17-9-11-18(22)12-10-17/h4-12,15H,3,13-14H2,1-2H3,(H,23,27)/t15-/m0/s1. The van der Waals surface area contributed by atoms with Crippen molar-refractivity contribution in [2.75, 3.05) is 0 Å². The third kappa shape index (κ3) is 5.19. The second-order valence-electron chi connectivity index (χ2n) is 6.41. The molecule has 146 valence electrons. The van der Waals surface area contributed by atoms with Crippen LogP contribution in [0.5, 0.6) is 0 Å². The number of aromatic nitrogens is 3. The molecule has 2 aromatic carbocycles. The fourth-order valence-electron chi connectivity index (χ4n) is 2.78. The van der Waals surface area contributed by atoms with Crippen LogP contribution in [0.2, 0.25) is 0 Å². The normalized spacial score (nSPS) is 12.0. The molecular weight excluding hydrogens is 375 g/mol. The van der Waals surface area contributed by atoms with Gasteiger partial charge in [0.05, 0.1) is 5.25 Å². The summed E-state index contributed by atoms with van der Waals surface area (Å²) in [5.74, 6) is 0.504. The minimum atomic E-state index is -0.320. The van der Waals surface area contributed by atoms with E-state index in [9.17, 15) is 9.18 Å². The van der Waals surface area contributed by atoms with Crippen LogP contribution < -0.4 is 5.32 Å². The largest absolute Gasteiger partial charge is 0.351 e. The second-order valence-corrected chi connectivity index (χ2v) is 7.72. The number of hydrogen-bond donors (Lipinski definition) is 1. The molecule has 7 heteroatoms. The number of carbonyl (C=O) groups is 1. The molecule has 1 N–H and O–H groups in total.